The van der Waals surface area contributed by atoms with E-state index in [9.17, 15) is 10.2 Å². The number of benzene rings is 2. The van der Waals surface area contributed by atoms with Crippen LogP contribution < -0.4 is 0 Å². The van der Waals surface area contributed by atoms with Gasteiger partial charge in [-0.2, -0.15) is 0 Å². The number of rotatable bonds is 12. The van der Waals surface area contributed by atoms with Crippen molar-refractivity contribution in [3.8, 4) is 11.5 Å². The second-order valence-electron chi connectivity index (χ2n) is 9.59. The summed E-state index contributed by atoms with van der Waals surface area (Å²) >= 11 is 0. The van der Waals surface area contributed by atoms with E-state index < -0.39 is 0 Å². The predicted molar refractivity (Wildman–Crippen MR) is 148 cm³/mol. The van der Waals surface area contributed by atoms with E-state index in [1.165, 1.54) is 0 Å². The molecule has 0 bridgehead atoms. The first-order valence-electron chi connectivity index (χ1n) is 12.6. The molecule has 2 aromatic rings. The Morgan fingerprint density at radius 2 is 1.09 bits per heavy atom. The van der Waals surface area contributed by atoms with E-state index in [-0.39, 0.29) is 0 Å². The molecule has 0 fully saturated rings. The van der Waals surface area contributed by atoms with Crippen molar-refractivity contribution >= 4 is 11.4 Å². The second kappa shape index (κ2) is 13.4. The minimum Gasteiger partial charge on any atom is -0.507 e. The van der Waals surface area contributed by atoms with Gasteiger partial charge in [0.2, 0.25) is 0 Å². The highest BCUT2D eigenvalue weighted by atomic mass is 16.3. The third kappa shape index (κ3) is 8.18. The van der Waals surface area contributed by atoms with Crippen LogP contribution in [0.2, 0.25) is 0 Å². The molecule has 0 aliphatic carbocycles. The molecule has 0 aliphatic rings. The average Bonchev–Trinajstić information content (AvgIpc) is 2.78. The van der Waals surface area contributed by atoms with Crippen molar-refractivity contribution in [2.75, 3.05) is 40.3 Å². The van der Waals surface area contributed by atoms with Crippen LogP contribution in [0.4, 0.5) is 0 Å². The fourth-order valence-corrected chi connectivity index (χ4v) is 4.50. The zero-order valence-electron chi connectivity index (χ0n) is 22.9. The number of nitrogens with zero attached hydrogens (tertiary/aromatic N) is 4. The van der Waals surface area contributed by atoms with E-state index in [2.05, 4.69) is 59.9 Å². The van der Waals surface area contributed by atoms with Gasteiger partial charge in [0.05, 0.1) is 0 Å². The van der Waals surface area contributed by atoms with Gasteiger partial charge in [0.1, 0.15) is 11.5 Å². The Bertz CT molecular complexity index is 976. The summed E-state index contributed by atoms with van der Waals surface area (Å²) in [6.07, 6.45) is 0.985. The van der Waals surface area contributed by atoms with Gasteiger partial charge in [-0.25, -0.2) is 0 Å². The van der Waals surface area contributed by atoms with Crippen LogP contribution in [0.5, 0.6) is 11.5 Å². The third-order valence-corrected chi connectivity index (χ3v) is 6.20. The molecule has 0 amide bonds. The Hall–Kier alpha value is -2.70. The quantitative estimate of drug-likeness (QED) is 0.403. The molecule has 0 aliphatic heterocycles. The third-order valence-electron chi connectivity index (χ3n) is 6.20. The Morgan fingerprint density at radius 1 is 0.714 bits per heavy atom. The Morgan fingerprint density at radius 3 is 1.43 bits per heavy atom. The van der Waals surface area contributed by atoms with E-state index >= 15 is 0 Å². The molecule has 192 valence electrons. The molecule has 6 heteroatoms. The summed E-state index contributed by atoms with van der Waals surface area (Å²) in [6, 6.07) is 8.12. The van der Waals surface area contributed by atoms with Crippen molar-refractivity contribution in [1.82, 2.24) is 9.80 Å². The lowest BCUT2D eigenvalue weighted by molar-refractivity contribution is 0.266. The molecule has 6 nitrogen and oxygen atoms in total. The normalized spacial score (nSPS) is 12.7. The number of hydrogen-bond acceptors (Lipinski definition) is 6. The van der Waals surface area contributed by atoms with Crippen molar-refractivity contribution in [1.29, 1.82) is 0 Å². The Kier molecular flexibility index (Phi) is 10.9. The summed E-state index contributed by atoms with van der Waals surface area (Å²) in [4.78, 5) is 13.4. The van der Waals surface area contributed by atoms with Gasteiger partial charge in [-0.3, -0.25) is 9.98 Å². The highest BCUT2D eigenvalue weighted by molar-refractivity contribution is 6.02. The van der Waals surface area contributed by atoms with Gasteiger partial charge in [0.15, 0.2) is 0 Å². The van der Waals surface area contributed by atoms with Gasteiger partial charge in [-0.15, -0.1) is 0 Å². The molecule has 0 saturated heterocycles. The maximum atomic E-state index is 10.8. The Balaban J connectivity index is 1.98. The highest BCUT2D eigenvalue weighted by Crippen LogP contribution is 2.28. The summed E-state index contributed by atoms with van der Waals surface area (Å²) in [5.74, 6) is 0.670. The first kappa shape index (κ1) is 28.5. The number of phenols is 2. The fourth-order valence-electron chi connectivity index (χ4n) is 4.50. The van der Waals surface area contributed by atoms with E-state index in [1.54, 1.807) is 0 Å². The molecule has 0 radical (unpaired) electrons. The van der Waals surface area contributed by atoms with E-state index in [0.717, 1.165) is 64.3 Å². The smallest absolute Gasteiger partial charge is 0.129 e. The van der Waals surface area contributed by atoms with Crippen LogP contribution in [0, 0.1) is 13.8 Å². The van der Waals surface area contributed by atoms with Crippen molar-refractivity contribution in [3.05, 3.63) is 57.6 Å². The molecule has 0 aromatic heterocycles. The monoisotopic (exact) mass is 480 g/mol. The number of phenolic OH excluding ortho intramolecular Hbond substituents is 2. The first-order valence-corrected chi connectivity index (χ1v) is 12.6. The van der Waals surface area contributed by atoms with Crippen LogP contribution >= 0.6 is 0 Å². The number of hydrogen-bond donors (Lipinski definition) is 2. The summed E-state index contributed by atoms with van der Waals surface area (Å²) < 4.78 is 0. The molecule has 0 heterocycles. The molecule has 2 N–H and O–H groups in total. The standard InChI is InChI=1S/C29H44N4O2/c1-9-30-22(5)26-16-20(3)14-24(28(26)34)18-32(7)12-11-13-33(8)19-25-15-21(4)17-27(29(25)35)23(6)31-10-2/h14-17,34-35H,9-13,18-19H2,1-8H3. The lowest BCUT2D eigenvalue weighted by atomic mass is 10.0. The van der Waals surface area contributed by atoms with Crippen LogP contribution in [-0.4, -0.2) is 71.7 Å². The molecule has 2 aromatic carbocycles. The summed E-state index contributed by atoms with van der Waals surface area (Å²) in [5.41, 5.74) is 7.52. The number of aromatic hydroxyl groups is 2. The number of aryl methyl sites for hydroxylation is 2. The zero-order valence-corrected chi connectivity index (χ0v) is 22.9. The topological polar surface area (TPSA) is 71.7 Å². The minimum atomic E-state index is 0.335. The van der Waals surface area contributed by atoms with E-state index in [4.69, 9.17) is 0 Å². The van der Waals surface area contributed by atoms with E-state index in [1.807, 2.05) is 39.8 Å². The molecule has 0 unspecified atom stereocenters. The minimum absolute atomic E-state index is 0.335. The van der Waals surface area contributed by atoms with E-state index in [0.29, 0.717) is 37.7 Å². The summed E-state index contributed by atoms with van der Waals surface area (Å²) in [6.45, 7) is 16.6. The largest absolute Gasteiger partial charge is 0.507 e. The molecule has 2 rings (SSSR count). The lowest BCUT2D eigenvalue weighted by Crippen LogP contribution is -2.25. The average molecular weight is 481 g/mol. The van der Waals surface area contributed by atoms with Crippen LogP contribution in [0.1, 0.15) is 67.5 Å². The Labute approximate surface area is 212 Å². The molecule has 0 saturated carbocycles. The molecule has 0 spiro atoms. The van der Waals surface area contributed by atoms with Gasteiger partial charge in [-0.1, -0.05) is 12.1 Å². The first-order chi connectivity index (χ1) is 16.6. The van der Waals surface area contributed by atoms with Crippen LogP contribution in [0.15, 0.2) is 34.3 Å². The zero-order chi connectivity index (χ0) is 26.1. The van der Waals surface area contributed by atoms with Crippen molar-refractivity contribution in [2.45, 2.75) is 61.1 Å². The maximum Gasteiger partial charge on any atom is 0.129 e. The van der Waals surface area contributed by atoms with Crippen molar-refractivity contribution in [3.63, 3.8) is 0 Å². The summed E-state index contributed by atoms with van der Waals surface area (Å²) in [5, 5.41) is 21.7. The molecular weight excluding hydrogens is 436 g/mol. The van der Waals surface area contributed by atoms with Gasteiger partial charge >= 0.3 is 0 Å². The molecular formula is C29H44N4O2. The predicted octanol–water partition coefficient (Wildman–Crippen LogP) is 5.33. The van der Waals surface area contributed by atoms with Crippen LogP contribution in [0.25, 0.3) is 0 Å². The SMILES string of the molecule is CCN=C(C)c1cc(C)cc(CN(C)CCCN(C)Cc2cc(C)cc(C(C)=NCC)c2O)c1O. The number of aliphatic imine (C=N–C) groups is 2. The second-order valence-corrected chi connectivity index (χ2v) is 9.59. The van der Waals surface area contributed by atoms with Gasteiger partial charge in [0.25, 0.3) is 0 Å². The van der Waals surface area contributed by atoms with Crippen LogP contribution in [0.3, 0.4) is 0 Å². The summed E-state index contributed by atoms with van der Waals surface area (Å²) in [7, 11) is 4.17. The fraction of sp³-hybridized carbons (Fsp3) is 0.517. The van der Waals surface area contributed by atoms with Crippen molar-refractivity contribution < 1.29 is 10.2 Å². The van der Waals surface area contributed by atoms with Gasteiger partial charge in [0, 0.05) is 59.9 Å². The lowest BCUT2D eigenvalue weighted by Gasteiger charge is -2.22. The van der Waals surface area contributed by atoms with Crippen molar-refractivity contribution in [2.24, 2.45) is 9.98 Å². The molecule has 35 heavy (non-hydrogen) atoms. The van der Waals surface area contributed by atoms with Gasteiger partial charge in [-0.05, 0) is 98.4 Å². The molecule has 0 atom stereocenters. The van der Waals surface area contributed by atoms with Gasteiger partial charge < -0.3 is 20.0 Å². The van der Waals surface area contributed by atoms with Crippen LogP contribution in [-0.2, 0) is 13.1 Å². The maximum absolute atomic E-state index is 10.8. The highest BCUT2D eigenvalue weighted by Gasteiger charge is 2.15.